The number of rotatable bonds is 5. The van der Waals surface area contributed by atoms with Gasteiger partial charge in [-0.25, -0.2) is 0 Å². The Morgan fingerprint density at radius 2 is 1.05 bits per heavy atom. The molecular formula is C77H89BN2. The van der Waals surface area contributed by atoms with Crippen LogP contribution in [-0.4, -0.2) is 6.71 Å². The van der Waals surface area contributed by atoms with Gasteiger partial charge < -0.3 is 9.80 Å². The Hall–Kier alpha value is -5.80. The highest BCUT2D eigenvalue weighted by Gasteiger charge is 2.58. The summed E-state index contributed by atoms with van der Waals surface area (Å²) >= 11 is 0. The van der Waals surface area contributed by atoms with Crippen LogP contribution in [0.5, 0.6) is 0 Å². The smallest absolute Gasteiger partial charge is 0.252 e. The molecule has 0 amide bonds. The van der Waals surface area contributed by atoms with E-state index in [-0.39, 0.29) is 50.0 Å². The highest BCUT2D eigenvalue weighted by molar-refractivity contribution is 7.00. The monoisotopic (exact) mass is 1050 g/mol. The molecule has 2 heterocycles. The van der Waals surface area contributed by atoms with Gasteiger partial charge >= 0.3 is 0 Å². The molecule has 0 spiro atoms. The van der Waals surface area contributed by atoms with Gasteiger partial charge in [-0.3, -0.25) is 0 Å². The van der Waals surface area contributed by atoms with Crippen molar-refractivity contribution in [1.29, 1.82) is 0 Å². The molecule has 14 rings (SSSR count). The Morgan fingerprint density at radius 3 is 1.73 bits per heavy atom. The minimum Gasteiger partial charge on any atom is -0.311 e. The molecule has 0 radical (unpaired) electrons. The third-order valence-electron chi connectivity index (χ3n) is 23.4. The quantitative estimate of drug-likeness (QED) is 0.159. The molecule has 3 heteroatoms. The molecule has 7 aliphatic rings. The number of benzene rings is 7. The molecule has 3 unspecified atom stereocenters. The van der Waals surface area contributed by atoms with Crippen molar-refractivity contribution in [3.05, 3.63) is 183 Å². The van der Waals surface area contributed by atoms with Gasteiger partial charge in [0.25, 0.3) is 6.71 Å². The number of aryl methyl sites for hydroxylation is 2. The van der Waals surface area contributed by atoms with Crippen LogP contribution in [0.4, 0.5) is 34.1 Å². The van der Waals surface area contributed by atoms with Crippen LogP contribution in [0.2, 0.25) is 0 Å². The van der Waals surface area contributed by atoms with E-state index in [9.17, 15) is 0 Å². The van der Waals surface area contributed by atoms with Crippen LogP contribution >= 0.6 is 0 Å². The van der Waals surface area contributed by atoms with Crippen LogP contribution < -0.4 is 26.2 Å². The second kappa shape index (κ2) is 16.9. The molecule has 0 aromatic heterocycles. The molecule has 3 atom stereocenters. The van der Waals surface area contributed by atoms with Crippen molar-refractivity contribution in [2.75, 3.05) is 9.80 Å². The molecule has 1 saturated carbocycles. The molecule has 0 N–H and O–H groups in total. The lowest BCUT2D eigenvalue weighted by molar-refractivity contribution is 0.0763. The van der Waals surface area contributed by atoms with Crippen LogP contribution in [0.1, 0.15) is 229 Å². The predicted molar refractivity (Wildman–Crippen MR) is 343 cm³/mol. The Morgan fingerprint density at radius 1 is 0.475 bits per heavy atom. The minimum absolute atomic E-state index is 0.0574. The first-order chi connectivity index (χ1) is 37.6. The van der Waals surface area contributed by atoms with Crippen molar-refractivity contribution in [3.63, 3.8) is 0 Å². The summed E-state index contributed by atoms with van der Waals surface area (Å²) in [5.41, 5.74) is 32.1. The molecular weight excluding hydrogens is 964 g/mol. The topological polar surface area (TPSA) is 6.48 Å². The summed E-state index contributed by atoms with van der Waals surface area (Å²) in [7, 11) is 0. The van der Waals surface area contributed by atoms with Gasteiger partial charge in [0.15, 0.2) is 0 Å². The maximum absolute atomic E-state index is 2.73. The fourth-order valence-electron chi connectivity index (χ4n) is 18.0. The standard InChI is InChI=1S/C77H89BN2/c1-47-39-67-69-68(40-47)80(51-27-31-57-60(44-51)72(7,8)36-35-71(57,5)6)66-46-62-61(73(9,10)37-38-74(62,11)12)45-64(66)78(69)63-32-24-48(41-65(63)79(67)50-26-29-53-52-21-17-18-22-55(52)75(13,14)58(53)43-50)23-30-56-54-28-25-49(70(2,3)4)42-59(54)77(16)34-20-19-33-76(56,77)15/h17-18,21-22,24-29,31-32,39-46,56H,19-20,23,30,33-38H2,1-16H3. The van der Waals surface area contributed by atoms with Gasteiger partial charge in [-0.05, 0) is 239 Å². The van der Waals surface area contributed by atoms with Gasteiger partial charge in [0.1, 0.15) is 0 Å². The van der Waals surface area contributed by atoms with Gasteiger partial charge in [-0.15, -0.1) is 0 Å². The van der Waals surface area contributed by atoms with Crippen molar-refractivity contribution in [3.8, 4) is 11.1 Å². The summed E-state index contributed by atoms with van der Waals surface area (Å²) in [6, 6.07) is 50.3. The summed E-state index contributed by atoms with van der Waals surface area (Å²) in [6.07, 6.45) is 12.2. The maximum Gasteiger partial charge on any atom is 0.252 e. The largest absolute Gasteiger partial charge is 0.311 e. The zero-order valence-corrected chi connectivity index (χ0v) is 51.7. The fraction of sp³-hybridized carbons (Fsp3) is 0.455. The third-order valence-corrected chi connectivity index (χ3v) is 23.4. The van der Waals surface area contributed by atoms with E-state index < -0.39 is 0 Å². The average molecular weight is 1050 g/mol. The Labute approximate surface area is 482 Å². The molecule has 2 aliphatic heterocycles. The number of hydrogen-bond donors (Lipinski definition) is 0. The van der Waals surface area contributed by atoms with E-state index in [0.29, 0.717) is 5.92 Å². The zero-order valence-electron chi connectivity index (χ0n) is 51.7. The third kappa shape index (κ3) is 7.28. The Balaban J connectivity index is 0.989. The highest BCUT2D eigenvalue weighted by atomic mass is 15.2. The summed E-state index contributed by atoms with van der Waals surface area (Å²) < 4.78 is 0. The molecule has 7 aromatic rings. The maximum atomic E-state index is 2.73. The summed E-state index contributed by atoms with van der Waals surface area (Å²) in [4.78, 5) is 5.46. The van der Waals surface area contributed by atoms with Crippen LogP contribution in [0, 0.1) is 12.3 Å². The molecule has 7 aromatic carbocycles. The van der Waals surface area contributed by atoms with Crippen molar-refractivity contribution in [2.45, 2.75) is 219 Å². The first-order valence-corrected chi connectivity index (χ1v) is 31.3. The van der Waals surface area contributed by atoms with Crippen molar-refractivity contribution in [2.24, 2.45) is 5.41 Å². The molecule has 1 fully saturated rings. The highest BCUT2D eigenvalue weighted by Crippen LogP contribution is 2.67. The lowest BCUT2D eigenvalue weighted by Crippen LogP contribution is -2.62. The van der Waals surface area contributed by atoms with E-state index >= 15 is 0 Å². The van der Waals surface area contributed by atoms with Crippen molar-refractivity contribution < 1.29 is 0 Å². The molecule has 80 heavy (non-hydrogen) atoms. The Kier molecular flexibility index (Phi) is 11.1. The first-order valence-electron chi connectivity index (χ1n) is 31.3. The van der Waals surface area contributed by atoms with E-state index in [4.69, 9.17) is 0 Å². The van der Waals surface area contributed by atoms with E-state index in [1.54, 1.807) is 11.1 Å². The van der Waals surface area contributed by atoms with E-state index in [1.807, 2.05) is 0 Å². The molecule has 2 nitrogen and oxygen atoms in total. The number of anilines is 6. The van der Waals surface area contributed by atoms with Gasteiger partial charge in [0.05, 0.1) is 0 Å². The van der Waals surface area contributed by atoms with Gasteiger partial charge in [-0.2, -0.15) is 0 Å². The van der Waals surface area contributed by atoms with E-state index in [0.717, 1.165) is 12.8 Å². The number of nitrogens with zero attached hydrogens (tertiary/aromatic N) is 2. The van der Waals surface area contributed by atoms with Crippen molar-refractivity contribution in [1.82, 2.24) is 0 Å². The lowest BCUT2D eigenvalue weighted by atomic mass is 9.33. The minimum atomic E-state index is -0.129. The molecule has 410 valence electrons. The fourth-order valence-corrected chi connectivity index (χ4v) is 18.0. The van der Waals surface area contributed by atoms with Crippen LogP contribution in [0.3, 0.4) is 0 Å². The summed E-state index contributed by atoms with van der Waals surface area (Å²) in [5.74, 6) is 0.519. The van der Waals surface area contributed by atoms with E-state index in [1.165, 1.54) is 163 Å². The van der Waals surface area contributed by atoms with Crippen molar-refractivity contribution >= 4 is 57.2 Å². The van der Waals surface area contributed by atoms with Gasteiger partial charge in [0.2, 0.25) is 0 Å². The summed E-state index contributed by atoms with van der Waals surface area (Å²) in [5, 5.41) is 0. The molecule has 5 aliphatic carbocycles. The van der Waals surface area contributed by atoms with E-state index in [2.05, 4.69) is 242 Å². The lowest BCUT2D eigenvalue weighted by Gasteiger charge is -2.49. The normalized spacial score (nSPS) is 24.4. The Bertz CT molecular complexity index is 3780. The first kappa shape index (κ1) is 52.3. The zero-order chi connectivity index (χ0) is 56.2. The summed E-state index contributed by atoms with van der Waals surface area (Å²) in [6.45, 7) is 39.7. The second-order valence-corrected chi connectivity index (χ2v) is 31.4. The molecule has 0 saturated heterocycles. The SMILES string of the molecule is Cc1cc2c3c(c1)N(c1ccc4c(c1)C(C)(C)CCC4(C)C)c1cc4c(cc1B3c1ccc(CCC3c5ccc(C(C)(C)C)cc5C5(C)CCCCC35C)cc1N2c1ccc2c(c1)C(C)(C)c1ccccc1-2)C(C)(C)CCC4(C)C. The number of fused-ring (bicyclic) bond motifs is 12. The predicted octanol–water partition coefficient (Wildman–Crippen LogP) is 18.9. The van der Waals surface area contributed by atoms with Gasteiger partial charge in [-0.1, -0.05) is 189 Å². The second-order valence-electron chi connectivity index (χ2n) is 31.4. The average Bonchev–Trinajstić information content (AvgIpc) is 3.56. The number of hydrogen-bond acceptors (Lipinski definition) is 2. The molecule has 0 bridgehead atoms. The van der Waals surface area contributed by atoms with Crippen LogP contribution in [0.25, 0.3) is 11.1 Å². The van der Waals surface area contributed by atoms with Gasteiger partial charge in [0, 0.05) is 39.5 Å². The van der Waals surface area contributed by atoms with Crippen LogP contribution in [0.15, 0.2) is 121 Å². The van der Waals surface area contributed by atoms with Crippen LogP contribution in [-0.2, 0) is 44.3 Å².